The predicted molar refractivity (Wildman–Crippen MR) is 112 cm³/mol. The number of rotatable bonds is 4. The molecule has 2 saturated heterocycles. The Labute approximate surface area is 171 Å². The summed E-state index contributed by atoms with van der Waals surface area (Å²) in [5.41, 5.74) is 2.95. The second-order valence-corrected chi connectivity index (χ2v) is 8.26. The molecule has 2 aliphatic rings. The highest BCUT2D eigenvalue weighted by molar-refractivity contribution is 6.00. The van der Waals surface area contributed by atoms with Crippen molar-refractivity contribution in [3.8, 4) is 0 Å². The zero-order chi connectivity index (χ0) is 20.4. The van der Waals surface area contributed by atoms with Gasteiger partial charge in [-0.15, -0.1) is 0 Å². The molecule has 4 rings (SSSR count). The summed E-state index contributed by atoms with van der Waals surface area (Å²) in [6.45, 7) is 3.75. The van der Waals surface area contributed by atoms with Gasteiger partial charge in [0.2, 0.25) is 11.8 Å². The van der Waals surface area contributed by atoms with E-state index in [0.29, 0.717) is 19.6 Å². The number of nitrogens with zero attached hydrogens (tertiary/aromatic N) is 2. The number of amides is 2. The van der Waals surface area contributed by atoms with Gasteiger partial charge in [-0.1, -0.05) is 48.0 Å². The molecule has 1 N–H and O–H groups in total. The highest BCUT2D eigenvalue weighted by Gasteiger charge is 2.38. The Kier molecular flexibility index (Phi) is 5.67. The van der Waals surface area contributed by atoms with Gasteiger partial charge in [-0.2, -0.15) is 0 Å². The first-order chi connectivity index (χ1) is 14.0. The predicted octanol–water partition coefficient (Wildman–Crippen LogP) is 3.32. The highest BCUT2D eigenvalue weighted by Crippen LogP contribution is 2.32. The van der Waals surface area contributed by atoms with Gasteiger partial charge in [0.1, 0.15) is 0 Å². The van der Waals surface area contributed by atoms with Gasteiger partial charge in [-0.05, 0) is 43.4 Å². The van der Waals surface area contributed by atoms with Crippen molar-refractivity contribution in [2.45, 2.75) is 32.3 Å². The number of aliphatic hydroxyl groups is 1. The molecule has 2 unspecified atom stereocenters. The van der Waals surface area contributed by atoms with Crippen molar-refractivity contribution in [3.63, 3.8) is 0 Å². The molecule has 2 fully saturated rings. The summed E-state index contributed by atoms with van der Waals surface area (Å²) in [6, 6.07) is 17.6. The van der Waals surface area contributed by atoms with Crippen LogP contribution in [0.1, 0.15) is 36.5 Å². The van der Waals surface area contributed by atoms with Gasteiger partial charge in [0.05, 0.1) is 12.0 Å². The van der Waals surface area contributed by atoms with Crippen LogP contribution in [0.5, 0.6) is 0 Å². The largest absolute Gasteiger partial charge is 0.388 e. The number of benzene rings is 2. The number of carbonyl (C=O) groups is 2. The molecule has 152 valence electrons. The Balaban J connectivity index is 1.34. The van der Waals surface area contributed by atoms with Crippen molar-refractivity contribution < 1.29 is 14.7 Å². The van der Waals surface area contributed by atoms with Crippen LogP contribution < -0.4 is 4.90 Å². The van der Waals surface area contributed by atoms with Crippen molar-refractivity contribution in [3.05, 3.63) is 65.7 Å². The number of hydrogen-bond acceptors (Lipinski definition) is 3. The van der Waals surface area contributed by atoms with E-state index in [1.165, 1.54) is 0 Å². The second-order valence-electron chi connectivity index (χ2n) is 8.26. The Hall–Kier alpha value is -2.66. The van der Waals surface area contributed by atoms with Crippen molar-refractivity contribution >= 4 is 17.5 Å². The average Bonchev–Trinajstić information content (AvgIpc) is 3.15. The zero-order valence-electron chi connectivity index (χ0n) is 16.8. The highest BCUT2D eigenvalue weighted by atomic mass is 16.3. The summed E-state index contributed by atoms with van der Waals surface area (Å²) in [5, 5.41) is 10.6. The van der Waals surface area contributed by atoms with E-state index in [1.807, 2.05) is 66.4 Å². The summed E-state index contributed by atoms with van der Waals surface area (Å²) < 4.78 is 0. The van der Waals surface area contributed by atoms with E-state index in [1.54, 1.807) is 4.90 Å². The molecule has 2 atom stereocenters. The molecule has 0 saturated carbocycles. The van der Waals surface area contributed by atoms with Crippen LogP contribution in [0.2, 0.25) is 0 Å². The van der Waals surface area contributed by atoms with Gasteiger partial charge in [-0.25, -0.2) is 0 Å². The molecule has 5 heteroatoms. The minimum atomic E-state index is -0.487. The smallest absolute Gasteiger partial charge is 0.228 e. The second kappa shape index (κ2) is 8.37. The van der Waals surface area contributed by atoms with Gasteiger partial charge < -0.3 is 14.9 Å². The topological polar surface area (TPSA) is 60.9 Å². The van der Waals surface area contributed by atoms with E-state index in [-0.39, 0.29) is 30.1 Å². The number of piperidine rings is 1. The molecule has 0 spiro atoms. The van der Waals surface area contributed by atoms with E-state index < -0.39 is 6.10 Å². The third-order valence-corrected chi connectivity index (χ3v) is 6.26. The molecule has 0 radical (unpaired) electrons. The molecular formula is C24H28N2O3. The molecule has 29 heavy (non-hydrogen) atoms. The third kappa shape index (κ3) is 4.20. The standard InChI is InChI=1S/C24H28N2O3/c1-17-7-9-21(10-8-17)26-16-20(15-22(26)27)24(29)25-13-11-19(12-14-25)23(28)18-5-3-2-4-6-18/h2-10,19-20,23,28H,11-16H2,1H3. The lowest BCUT2D eigenvalue weighted by Crippen LogP contribution is -2.43. The number of aryl methyl sites for hydroxylation is 1. The maximum Gasteiger partial charge on any atom is 0.228 e. The van der Waals surface area contributed by atoms with Crippen LogP contribution in [-0.4, -0.2) is 41.5 Å². The van der Waals surface area contributed by atoms with Crippen LogP contribution in [0, 0.1) is 18.8 Å². The summed E-state index contributed by atoms with van der Waals surface area (Å²) in [6.07, 6.45) is 1.35. The summed E-state index contributed by atoms with van der Waals surface area (Å²) in [7, 11) is 0. The zero-order valence-corrected chi connectivity index (χ0v) is 16.8. The Morgan fingerprint density at radius 2 is 1.69 bits per heavy atom. The van der Waals surface area contributed by atoms with Crippen LogP contribution in [0.25, 0.3) is 0 Å². The van der Waals surface area contributed by atoms with Gasteiger partial charge in [-0.3, -0.25) is 9.59 Å². The fourth-order valence-electron chi connectivity index (χ4n) is 4.46. The molecule has 0 bridgehead atoms. The normalized spacial score (nSPS) is 21.4. The lowest BCUT2D eigenvalue weighted by Gasteiger charge is -2.35. The third-order valence-electron chi connectivity index (χ3n) is 6.26. The lowest BCUT2D eigenvalue weighted by molar-refractivity contribution is -0.137. The monoisotopic (exact) mass is 392 g/mol. The number of hydrogen-bond donors (Lipinski definition) is 1. The molecule has 2 aromatic rings. The molecule has 0 aromatic heterocycles. The number of carbonyl (C=O) groups excluding carboxylic acids is 2. The minimum absolute atomic E-state index is 0.0154. The van der Waals surface area contributed by atoms with E-state index in [4.69, 9.17) is 0 Å². The average molecular weight is 392 g/mol. The molecule has 2 aromatic carbocycles. The minimum Gasteiger partial charge on any atom is -0.388 e. The fourth-order valence-corrected chi connectivity index (χ4v) is 4.46. The Morgan fingerprint density at radius 3 is 2.34 bits per heavy atom. The fraction of sp³-hybridized carbons (Fsp3) is 0.417. The SMILES string of the molecule is Cc1ccc(N2CC(C(=O)N3CCC(C(O)c4ccccc4)CC3)CC2=O)cc1. The number of likely N-dealkylation sites (tertiary alicyclic amines) is 1. The first kappa shape index (κ1) is 19.6. The van der Waals surface area contributed by atoms with E-state index in [0.717, 1.165) is 29.7 Å². The van der Waals surface area contributed by atoms with Gasteiger partial charge in [0.25, 0.3) is 0 Å². The van der Waals surface area contributed by atoms with Crippen molar-refractivity contribution in [1.29, 1.82) is 0 Å². The maximum absolute atomic E-state index is 13.0. The van der Waals surface area contributed by atoms with Crippen LogP contribution in [-0.2, 0) is 9.59 Å². The number of anilines is 1. The van der Waals surface area contributed by atoms with Gasteiger partial charge >= 0.3 is 0 Å². The summed E-state index contributed by atoms with van der Waals surface area (Å²) in [4.78, 5) is 29.1. The van der Waals surface area contributed by atoms with Crippen LogP contribution >= 0.6 is 0 Å². The van der Waals surface area contributed by atoms with Crippen LogP contribution in [0.3, 0.4) is 0 Å². The van der Waals surface area contributed by atoms with E-state index >= 15 is 0 Å². The summed E-state index contributed by atoms with van der Waals surface area (Å²) in [5.74, 6) is -0.0303. The first-order valence-electron chi connectivity index (χ1n) is 10.4. The van der Waals surface area contributed by atoms with Crippen molar-refractivity contribution in [1.82, 2.24) is 4.90 Å². The molecular weight excluding hydrogens is 364 g/mol. The Morgan fingerprint density at radius 1 is 1.03 bits per heavy atom. The molecule has 5 nitrogen and oxygen atoms in total. The summed E-state index contributed by atoms with van der Waals surface area (Å²) >= 11 is 0. The Bertz CT molecular complexity index is 857. The van der Waals surface area contributed by atoms with E-state index in [2.05, 4.69) is 0 Å². The number of aliphatic hydroxyl groups excluding tert-OH is 1. The maximum atomic E-state index is 13.0. The molecule has 2 heterocycles. The quantitative estimate of drug-likeness (QED) is 0.868. The van der Waals surface area contributed by atoms with Crippen LogP contribution in [0.15, 0.2) is 54.6 Å². The lowest BCUT2D eigenvalue weighted by atomic mass is 9.87. The van der Waals surface area contributed by atoms with Crippen molar-refractivity contribution in [2.24, 2.45) is 11.8 Å². The molecule has 0 aliphatic carbocycles. The van der Waals surface area contributed by atoms with Crippen LogP contribution in [0.4, 0.5) is 5.69 Å². The molecule has 2 amide bonds. The van der Waals surface area contributed by atoms with E-state index in [9.17, 15) is 14.7 Å². The van der Waals surface area contributed by atoms with Gasteiger partial charge in [0.15, 0.2) is 0 Å². The first-order valence-corrected chi connectivity index (χ1v) is 10.4. The van der Waals surface area contributed by atoms with Crippen molar-refractivity contribution in [2.75, 3.05) is 24.5 Å². The van der Waals surface area contributed by atoms with Gasteiger partial charge in [0, 0.05) is 31.7 Å². The molecule has 2 aliphatic heterocycles.